The van der Waals surface area contributed by atoms with Crippen molar-refractivity contribution >= 4 is 23.2 Å². The molecule has 2 unspecified atom stereocenters. The molecule has 2 heterocycles. The zero-order valence-electron chi connectivity index (χ0n) is 15.8. The molecule has 0 radical (unpaired) electrons. The maximum absolute atomic E-state index is 11.4. The normalized spacial score (nSPS) is 22.5. The maximum Gasteiger partial charge on any atom is 0.231 e. The fraction of sp³-hybridized carbons (Fsp3) is 0.364. The van der Waals surface area contributed by atoms with Gasteiger partial charge in [-0.3, -0.25) is 14.7 Å². The van der Waals surface area contributed by atoms with Crippen LogP contribution in [0.4, 0.5) is 0 Å². The smallest absolute Gasteiger partial charge is 0.231 e. The number of likely N-dealkylation sites (tertiary alicyclic amines) is 1. The van der Waals surface area contributed by atoms with Crippen molar-refractivity contribution in [2.24, 2.45) is 16.8 Å². The van der Waals surface area contributed by atoms with Crippen molar-refractivity contribution in [3.63, 3.8) is 0 Å². The van der Waals surface area contributed by atoms with E-state index < -0.39 is 0 Å². The van der Waals surface area contributed by atoms with E-state index in [0.717, 1.165) is 48.8 Å². The Hall–Kier alpha value is -2.37. The lowest BCUT2D eigenvalue weighted by Crippen LogP contribution is -2.35. The first-order valence-electron chi connectivity index (χ1n) is 9.76. The minimum absolute atomic E-state index is 0.264. The number of halogens is 1. The summed E-state index contributed by atoms with van der Waals surface area (Å²) < 4.78 is 0. The summed E-state index contributed by atoms with van der Waals surface area (Å²) in [6, 6.07) is 18.7. The zero-order chi connectivity index (χ0) is 19.5. The van der Waals surface area contributed by atoms with Gasteiger partial charge in [0.05, 0.1) is 24.8 Å². The second kappa shape index (κ2) is 8.33. The highest BCUT2D eigenvalue weighted by Crippen LogP contribution is 2.34. The number of nitrogens with zero attached hydrogens (tertiary/aromatic N) is 3. The molecule has 0 saturated carbocycles. The average molecular weight is 397 g/mol. The molecule has 6 heteroatoms. The van der Waals surface area contributed by atoms with Crippen LogP contribution in [0, 0.1) is 5.92 Å². The molecule has 2 aromatic rings. The van der Waals surface area contributed by atoms with Gasteiger partial charge in [0.1, 0.15) is 0 Å². The molecule has 0 aliphatic carbocycles. The van der Waals surface area contributed by atoms with Crippen LogP contribution < -0.4 is 5.73 Å². The van der Waals surface area contributed by atoms with Gasteiger partial charge in [0.2, 0.25) is 5.91 Å². The Kier molecular flexibility index (Phi) is 5.64. The summed E-state index contributed by atoms with van der Waals surface area (Å²) in [6.07, 6.45) is 1.93. The van der Waals surface area contributed by atoms with E-state index in [0.29, 0.717) is 18.5 Å². The molecule has 28 heavy (non-hydrogen) atoms. The van der Waals surface area contributed by atoms with Crippen molar-refractivity contribution in [2.45, 2.75) is 25.4 Å². The van der Waals surface area contributed by atoms with E-state index in [1.54, 1.807) is 0 Å². The van der Waals surface area contributed by atoms with Crippen LogP contribution in [-0.4, -0.2) is 47.2 Å². The number of benzene rings is 2. The molecule has 4 rings (SSSR count). The summed E-state index contributed by atoms with van der Waals surface area (Å²) >= 11 is 6.08. The lowest BCUT2D eigenvalue weighted by atomic mass is 9.87. The van der Waals surface area contributed by atoms with Gasteiger partial charge in [0, 0.05) is 17.5 Å². The Labute approximate surface area is 170 Å². The van der Waals surface area contributed by atoms with Gasteiger partial charge in [-0.05, 0) is 42.6 Å². The van der Waals surface area contributed by atoms with Gasteiger partial charge in [-0.25, -0.2) is 0 Å². The number of carbonyl (C=O) groups is 1. The van der Waals surface area contributed by atoms with Crippen molar-refractivity contribution in [3.05, 3.63) is 70.7 Å². The number of amides is 1. The summed E-state index contributed by atoms with van der Waals surface area (Å²) in [6.45, 7) is 2.83. The highest BCUT2D eigenvalue weighted by molar-refractivity contribution is 6.30. The molecule has 1 saturated heterocycles. The Bertz CT molecular complexity index is 853. The van der Waals surface area contributed by atoms with Crippen LogP contribution in [0.5, 0.6) is 0 Å². The summed E-state index contributed by atoms with van der Waals surface area (Å²) in [5.41, 5.74) is 8.92. The van der Waals surface area contributed by atoms with Gasteiger partial charge in [-0.15, -0.1) is 0 Å². The van der Waals surface area contributed by atoms with Crippen LogP contribution >= 0.6 is 11.6 Å². The number of fused-ring (bicyclic) bond motifs is 1. The molecule has 0 bridgehead atoms. The molecule has 2 aromatic carbocycles. The van der Waals surface area contributed by atoms with E-state index in [-0.39, 0.29) is 5.91 Å². The van der Waals surface area contributed by atoms with Crippen LogP contribution in [-0.2, 0) is 11.3 Å². The number of hydrogen-bond donors (Lipinski definition) is 1. The molecule has 2 aliphatic rings. The highest BCUT2D eigenvalue weighted by Gasteiger charge is 2.39. The van der Waals surface area contributed by atoms with Gasteiger partial charge >= 0.3 is 0 Å². The first-order chi connectivity index (χ1) is 13.6. The van der Waals surface area contributed by atoms with Crippen molar-refractivity contribution in [1.82, 2.24) is 9.91 Å². The lowest BCUT2D eigenvalue weighted by molar-refractivity contribution is -0.119. The lowest BCUT2D eigenvalue weighted by Gasteiger charge is -2.26. The van der Waals surface area contributed by atoms with Gasteiger partial charge < -0.3 is 5.73 Å². The number of hydrazone groups is 1. The molecule has 5 nitrogen and oxygen atoms in total. The van der Waals surface area contributed by atoms with E-state index in [9.17, 15) is 4.79 Å². The highest BCUT2D eigenvalue weighted by atomic mass is 35.5. The Morgan fingerprint density at radius 1 is 1.07 bits per heavy atom. The quantitative estimate of drug-likeness (QED) is 0.844. The molecule has 0 aromatic heterocycles. The van der Waals surface area contributed by atoms with Crippen LogP contribution in [0.1, 0.15) is 24.0 Å². The Morgan fingerprint density at radius 3 is 2.50 bits per heavy atom. The van der Waals surface area contributed by atoms with Crippen molar-refractivity contribution in [2.75, 3.05) is 19.6 Å². The average Bonchev–Trinajstić information content (AvgIpc) is 2.88. The Morgan fingerprint density at radius 2 is 1.79 bits per heavy atom. The zero-order valence-corrected chi connectivity index (χ0v) is 16.6. The molecule has 2 N–H and O–H groups in total. The molecule has 146 valence electrons. The molecule has 2 atom stereocenters. The first kappa shape index (κ1) is 19.0. The van der Waals surface area contributed by atoms with E-state index >= 15 is 0 Å². The van der Waals surface area contributed by atoms with Crippen LogP contribution in [0.2, 0.25) is 5.02 Å². The first-order valence-corrected chi connectivity index (χ1v) is 10.1. The third kappa shape index (κ3) is 4.21. The monoisotopic (exact) mass is 396 g/mol. The molecular weight excluding hydrogens is 372 g/mol. The van der Waals surface area contributed by atoms with Crippen LogP contribution in [0.15, 0.2) is 59.7 Å². The summed E-state index contributed by atoms with van der Waals surface area (Å²) in [7, 11) is 0. The van der Waals surface area contributed by atoms with Gasteiger partial charge in [-0.1, -0.05) is 54.1 Å². The summed E-state index contributed by atoms with van der Waals surface area (Å²) in [5, 5.41) is 8.02. The number of carbonyl (C=O) groups excluding carboxylic acids is 1. The second-order valence-corrected chi connectivity index (χ2v) is 8.01. The number of nitrogens with two attached hydrogens (primary N) is 1. The minimum atomic E-state index is -0.264. The summed E-state index contributed by atoms with van der Waals surface area (Å²) in [4.78, 5) is 13.6. The van der Waals surface area contributed by atoms with E-state index in [2.05, 4.69) is 46.3 Å². The Balaban J connectivity index is 1.61. The largest absolute Gasteiger partial charge is 0.369 e. The van der Waals surface area contributed by atoms with Crippen molar-refractivity contribution in [3.8, 4) is 0 Å². The second-order valence-electron chi connectivity index (χ2n) is 7.57. The van der Waals surface area contributed by atoms with Gasteiger partial charge in [0.25, 0.3) is 0 Å². The van der Waals surface area contributed by atoms with E-state index in [4.69, 9.17) is 22.4 Å². The van der Waals surface area contributed by atoms with Gasteiger partial charge in [-0.2, -0.15) is 5.10 Å². The van der Waals surface area contributed by atoms with Crippen LogP contribution in [0.3, 0.4) is 0 Å². The van der Waals surface area contributed by atoms with E-state index in [1.807, 2.05) is 18.2 Å². The topological polar surface area (TPSA) is 61.9 Å². The number of hydrogen-bond acceptors (Lipinski definition) is 4. The minimum Gasteiger partial charge on any atom is -0.369 e. The fourth-order valence-corrected chi connectivity index (χ4v) is 4.42. The van der Waals surface area contributed by atoms with Crippen molar-refractivity contribution < 1.29 is 4.79 Å². The molecule has 1 amide bonds. The number of rotatable bonds is 5. The van der Waals surface area contributed by atoms with Crippen LogP contribution in [0.25, 0.3) is 0 Å². The third-order valence-electron chi connectivity index (χ3n) is 5.64. The SMILES string of the molecule is NC(=O)CN1CCC2C(c3ccc(Cl)cc3)=NN(Cc3ccccc3)C2CC1. The maximum atomic E-state index is 11.4. The summed E-state index contributed by atoms with van der Waals surface area (Å²) in [5.74, 6) is 0.0718. The number of primary amides is 1. The molecule has 0 spiro atoms. The standard InChI is InChI=1S/C22H25ClN4O/c23-18-8-6-17(7-9-18)22-19-10-12-26(15-21(24)28)13-11-20(19)27(25-22)14-16-4-2-1-3-5-16/h1-9,19-20H,10-15H2,(H2,24,28). The van der Waals surface area contributed by atoms with Gasteiger partial charge in [0.15, 0.2) is 0 Å². The third-order valence-corrected chi connectivity index (χ3v) is 5.89. The van der Waals surface area contributed by atoms with Crippen molar-refractivity contribution in [1.29, 1.82) is 0 Å². The molecule has 1 fully saturated rings. The predicted molar refractivity (Wildman–Crippen MR) is 112 cm³/mol. The molecular formula is C22H25ClN4O. The van der Waals surface area contributed by atoms with E-state index in [1.165, 1.54) is 5.56 Å². The molecule has 2 aliphatic heterocycles. The fourth-order valence-electron chi connectivity index (χ4n) is 4.30. The predicted octanol–water partition coefficient (Wildman–Crippen LogP) is 3.13.